The van der Waals surface area contributed by atoms with Gasteiger partial charge in [-0.25, -0.2) is 5.43 Å². The Morgan fingerprint density at radius 1 is 1.24 bits per heavy atom. The lowest BCUT2D eigenvalue weighted by atomic mass is 9.96. The number of rotatable bonds is 2. The Morgan fingerprint density at radius 2 is 1.76 bits per heavy atom. The summed E-state index contributed by atoms with van der Waals surface area (Å²) in [6, 6.07) is 7.32. The highest BCUT2D eigenvalue weighted by Crippen LogP contribution is 2.13. The van der Waals surface area contributed by atoms with Gasteiger partial charge in [-0.3, -0.25) is 4.79 Å². The number of benzene rings is 1. The molecule has 1 aromatic rings. The Bertz CT molecular complexity index is 430. The molecule has 0 aliphatic carbocycles. The highest BCUT2D eigenvalue weighted by molar-refractivity contribution is 6.30. The van der Waals surface area contributed by atoms with Gasteiger partial charge in [0.05, 0.1) is 5.71 Å². The van der Waals surface area contributed by atoms with Crippen LogP contribution in [0.2, 0.25) is 5.02 Å². The van der Waals surface area contributed by atoms with Crippen molar-refractivity contribution in [3.8, 4) is 0 Å². The molecule has 0 radical (unpaired) electrons. The molecule has 0 spiro atoms. The molecule has 4 heteroatoms. The molecule has 0 atom stereocenters. The zero-order valence-electron chi connectivity index (χ0n) is 10.5. The molecule has 92 valence electrons. The zero-order chi connectivity index (χ0) is 13.1. The van der Waals surface area contributed by atoms with Crippen LogP contribution in [0.5, 0.6) is 0 Å². The Labute approximate surface area is 107 Å². The number of hydrogen-bond donors (Lipinski definition) is 1. The Balaban J connectivity index is 2.74. The summed E-state index contributed by atoms with van der Waals surface area (Å²) in [7, 11) is 0. The molecule has 0 saturated carbocycles. The molecule has 17 heavy (non-hydrogen) atoms. The van der Waals surface area contributed by atoms with Crippen LogP contribution in [0, 0.1) is 5.41 Å². The second-order valence-corrected chi connectivity index (χ2v) is 5.33. The second kappa shape index (κ2) is 5.32. The predicted octanol–water partition coefficient (Wildman–Crippen LogP) is 3.23. The van der Waals surface area contributed by atoms with E-state index in [0.717, 1.165) is 11.3 Å². The molecule has 1 N–H and O–H groups in total. The van der Waals surface area contributed by atoms with E-state index in [0.29, 0.717) is 5.02 Å². The lowest BCUT2D eigenvalue weighted by Gasteiger charge is -2.15. The van der Waals surface area contributed by atoms with E-state index in [1.807, 2.05) is 39.8 Å². The fourth-order valence-corrected chi connectivity index (χ4v) is 1.18. The normalized spacial score (nSPS) is 12.4. The average molecular weight is 253 g/mol. The van der Waals surface area contributed by atoms with E-state index in [9.17, 15) is 4.79 Å². The van der Waals surface area contributed by atoms with Crippen molar-refractivity contribution in [2.45, 2.75) is 27.7 Å². The van der Waals surface area contributed by atoms with Gasteiger partial charge in [0.25, 0.3) is 0 Å². The lowest BCUT2D eigenvalue weighted by molar-refractivity contribution is -0.128. The van der Waals surface area contributed by atoms with Gasteiger partial charge in [0, 0.05) is 10.4 Å². The molecule has 0 unspecified atom stereocenters. The monoisotopic (exact) mass is 252 g/mol. The summed E-state index contributed by atoms with van der Waals surface area (Å²) in [5, 5.41) is 4.75. The fraction of sp³-hybridized carbons (Fsp3) is 0.385. The minimum atomic E-state index is -0.441. The minimum Gasteiger partial charge on any atom is -0.273 e. The van der Waals surface area contributed by atoms with Crippen molar-refractivity contribution in [2.75, 3.05) is 0 Å². The lowest BCUT2D eigenvalue weighted by Crippen LogP contribution is -2.32. The standard InChI is InChI=1S/C13H17ClN2O/c1-9(10-5-7-11(14)8-6-10)15-16-12(17)13(2,3)4/h5-8H,1-4H3,(H,16,17). The highest BCUT2D eigenvalue weighted by atomic mass is 35.5. The van der Waals surface area contributed by atoms with Crippen LogP contribution in [0.25, 0.3) is 0 Å². The van der Waals surface area contributed by atoms with Gasteiger partial charge in [-0.1, -0.05) is 44.5 Å². The topological polar surface area (TPSA) is 41.5 Å². The molecule has 0 aromatic heterocycles. The molecule has 0 aliphatic rings. The third kappa shape index (κ3) is 4.19. The molecular weight excluding hydrogens is 236 g/mol. The van der Waals surface area contributed by atoms with Crippen molar-refractivity contribution in [2.24, 2.45) is 10.5 Å². The average Bonchev–Trinajstić information content (AvgIpc) is 2.25. The molecule has 0 fully saturated rings. The van der Waals surface area contributed by atoms with Gasteiger partial charge in [-0.05, 0) is 24.6 Å². The van der Waals surface area contributed by atoms with Crippen molar-refractivity contribution in [1.82, 2.24) is 5.43 Å². The van der Waals surface area contributed by atoms with Gasteiger partial charge < -0.3 is 0 Å². The van der Waals surface area contributed by atoms with E-state index >= 15 is 0 Å². The van der Waals surface area contributed by atoms with E-state index in [2.05, 4.69) is 10.5 Å². The zero-order valence-corrected chi connectivity index (χ0v) is 11.3. The summed E-state index contributed by atoms with van der Waals surface area (Å²) in [6.45, 7) is 7.37. The maximum absolute atomic E-state index is 11.6. The summed E-state index contributed by atoms with van der Waals surface area (Å²) in [5.74, 6) is -0.106. The summed E-state index contributed by atoms with van der Waals surface area (Å²) in [6.07, 6.45) is 0. The molecule has 1 amide bonds. The van der Waals surface area contributed by atoms with Crippen molar-refractivity contribution < 1.29 is 4.79 Å². The first-order valence-corrected chi connectivity index (χ1v) is 5.79. The molecule has 1 aromatic carbocycles. The third-order valence-electron chi connectivity index (χ3n) is 2.27. The largest absolute Gasteiger partial charge is 0.273 e. The maximum Gasteiger partial charge on any atom is 0.245 e. The number of nitrogens with one attached hydrogen (secondary N) is 1. The Kier molecular flexibility index (Phi) is 4.29. The van der Waals surface area contributed by atoms with Crippen LogP contribution in [0.3, 0.4) is 0 Å². The molecule has 0 bridgehead atoms. The van der Waals surface area contributed by atoms with Crippen LogP contribution >= 0.6 is 11.6 Å². The van der Waals surface area contributed by atoms with Crippen LogP contribution < -0.4 is 5.43 Å². The van der Waals surface area contributed by atoms with Crippen molar-refractivity contribution in [3.63, 3.8) is 0 Å². The molecular formula is C13H17ClN2O. The summed E-state index contributed by atoms with van der Waals surface area (Å²) < 4.78 is 0. The smallest absolute Gasteiger partial charge is 0.245 e. The summed E-state index contributed by atoms with van der Waals surface area (Å²) >= 11 is 5.79. The SMILES string of the molecule is CC(=NNC(=O)C(C)(C)C)c1ccc(Cl)cc1. The van der Waals surface area contributed by atoms with Crippen molar-refractivity contribution >= 4 is 23.2 Å². The number of nitrogens with zero attached hydrogens (tertiary/aromatic N) is 1. The van der Waals surface area contributed by atoms with Gasteiger partial charge in [0.1, 0.15) is 0 Å². The van der Waals surface area contributed by atoms with E-state index in [1.54, 1.807) is 12.1 Å². The quantitative estimate of drug-likeness (QED) is 0.637. The molecule has 0 heterocycles. The highest BCUT2D eigenvalue weighted by Gasteiger charge is 2.20. The maximum atomic E-state index is 11.6. The van der Waals surface area contributed by atoms with Gasteiger partial charge in [-0.2, -0.15) is 5.10 Å². The minimum absolute atomic E-state index is 0.106. The van der Waals surface area contributed by atoms with Crippen molar-refractivity contribution in [3.05, 3.63) is 34.9 Å². The number of carbonyl (C=O) groups is 1. The molecule has 3 nitrogen and oxygen atoms in total. The first-order valence-electron chi connectivity index (χ1n) is 5.41. The summed E-state index contributed by atoms with van der Waals surface area (Å²) in [4.78, 5) is 11.6. The second-order valence-electron chi connectivity index (χ2n) is 4.90. The van der Waals surface area contributed by atoms with E-state index in [4.69, 9.17) is 11.6 Å². The molecule has 1 rings (SSSR count). The van der Waals surface area contributed by atoms with Crippen LogP contribution in [0.15, 0.2) is 29.4 Å². The third-order valence-corrected chi connectivity index (χ3v) is 2.52. The number of carbonyl (C=O) groups excluding carboxylic acids is 1. The predicted molar refractivity (Wildman–Crippen MR) is 71.3 cm³/mol. The number of halogens is 1. The fourth-order valence-electron chi connectivity index (χ4n) is 1.06. The first kappa shape index (κ1) is 13.7. The number of amides is 1. The molecule has 0 saturated heterocycles. The van der Waals surface area contributed by atoms with Gasteiger partial charge in [0.2, 0.25) is 5.91 Å². The first-order chi connectivity index (χ1) is 7.80. The van der Waals surface area contributed by atoms with E-state index in [1.165, 1.54) is 0 Å². The van der Waals surface area contributed by atoms with E-state index < -0.39 is 5.41 Å². The van der Waals surface area contributed by atoms with Crippen LogP contribution in [0.1, 0.15) is 33.3 Å². The van der Waals surface area contributed by atoms with Crippen LogP contribution in [-0.4, -0.2) is 11.6 Å². The van der Waals surface area contributed by atoms with Gasteiger partial charge >= 0.3 is 0 Å². The molecule has 0 aliphatic heterocycles. The summed E-state index contributed by atoms with van der Waals surface area (Å²) in [5.41, 5.74) is 3.79. The number of hydrogen-bond acceptors (Lipinski definition) is 2. The van der Waals surface area contributed by atoms with Gasteiger partial charge in [-0.15, -0.1) is 0 Å². The van der Waals surface area contributed by atoms with Gasteiger partial charge in [0.15, 0.2) is 0 Å². The van der Waals surface area contributed by atoms with E-state index in [-0.39, 0.29) is 5.91 Å². The van der Waals surface area contributed by atoms with Crippen LogP contribution in [-0.2, 0) is 4.79 Å². The van der Waals surface area contributed by atoms with Crippen molar-refractivity contribution in [1.29, 1.82) is 0 Å². The number of hydrazone groups is 1. The Hall–Kier alpha value is -1.35. The van der Waals surface area contributed by atoms with Crippen LogP contribution in [0.4, 0.5) is 0 Å². The Morgan fingerprint density at radius 3 is 2.24 bits per heavy atom.